The average Bonchev–Trinajstić information content (AvgIpc) is 3.24. The first-order valence-corrected chi connectivity index (χ1v) is 12.5. The molecule has 0 saturated carbocycles. The first kappa shape index (κ1) is 25.5. The molecule has 0 unspecified atom stereocenters. The second kappa shape index (κ2) is 10.2. The maximum atomic E-state index is 13.5. The summed E-state index contributed by atoms with van der Waals surface area (Å²) in [7, 11) is 0. The second-order valence-electron chi connectivity index (χ2n) is 10.7. The second-order valence-corrected chi connectivity index (χ2v) is 10.7. The van der Waals surface area contributed by atoms with Crippen LogP contribution in [0.15, 0.2) is 48.7 Å². The fourth-order valence-corrected chi connectivity index (χ4v) is 4.74. The van der Waals surface area contributed by atoms with E-state index in [1.54, 1.807) is 11.1 Å². The van der Waals surface area contributed by atoms with Gasteiger partial charge in [0, 0.05) is 24.7 Å². The molecule has 2 aromatic carbocycles. The molecule has 1 aliphatic heterocycles. The molecule has 7 nitrogen and oxygen atoms in total. The molecule has 3 aromatic rings. The summed E-state index contributed by atoms with van der Waals surface area (Å²) in [5, 5.41) is 7.75. The first-order chi connectivity index (χ1) is 17.0. The monoisotopic (exact) mass is 488 g/mol. The Balaban J connectivity index is 1.66. The summed E-state index contributed by atoms with van der Waals surface area (Å²) >= 11 is 0. The van der Waals surface area contributed by atoms with Crippen LogP contribution in [0.4, 0.5) is 10.5 Å². The minimum atomic E-state index is -0.532. The summed E-state index contributed by atoms with van der Waals surface area (Å²) in [5.41, 5.74) is 5.98. The molecule has 2 amide bonds. The topological polar surface area (TPSA) is 76.5 Å². The highest BCUT2D eigenvalue weighted by molar-refractivity contribution is 6.05. The zero-order valence-electron chi connectivity index (χ0n) is 22.1. The van der Waals surface area contributed by atoms with E-state index >= 15 is 0 Å². The predicted octanol–water partition coefficient (Wildman–Crippen LogP) is 6.16. The van der Waals surface area contributed by atoms with E-state index in [-0.39, 0.29) is 17.9 Å². The van der Waals surface area contributed by atoms with Crippen molar-refractivity contribution in [3.63, 3.8) is 0 Å². The standard InChI is InChI=1S/C29H36N4O3/c1-19-10-12-23(13-11-19)31-27(34)24-18-30-33(25-20(2)8-7-9-21(25)3)26(24)22-14-16-32(17-15-22)28(35)36-29(4,5)6/h7-13,18,22H,14-17H2,1-6H3,(H,31,34). The van der Waals surface area contributed by atoms with Gasteiger partial charge in [0.2, 0.25) is 0 Å². The Morgan fingerprint density at radius 2 is 1.58 bits per heavy atom. The number of nitrogens with zero attached hydrogens (tertiary/aromatic N) is 3. The maximum absolute atomic E-state index is 13.5. The fourth-order valence-electron chi connectivity index (χ4n) is 4.74. The zero-order valence-corrected chi connectivity index (χ0v) is 22.1. The molecule has 0 spiro atoms. The van der Waals surface area contributed by atoms with E-state index < -0.39 is 5.60 Å². The van der Waals surface area contributed by atoms with Crippen LogP contribution in [0, 0.1) is 20.8 Å². The highest BCUT2D eigenvalue weighted by Gasteiger charge is 2.32. The van der Waals surface area contributed by atoms with Crippen LogP contribution in [-0.2, 0) is 4.74 Å². The van der Waals surface area contributed by atoms with Gasteiger partial charge in [-0.15, -0.1) is 0 Å². The van der Waals surface area contributed by atoms with E-state index in [0.29, 0.717) is 18.7 Å². The Morgan fingerprint density at radius 3 is 2.17 bits per heavy atom. The number of nitrogens with one attached hydrogen (secondary N) is 1. The summed E-state index contributed by atoms with van der Waals surface area (Å²) in [4.78, 5) is 27.8. The van der Waals surface area contributed by atoms with Crippen LogP contribution in [-0.4, -0.2) is 45.4 Å². The number of para-hydroxylation sites is 1. The third-order valence-corrected chi connectivity index (χ3v) is 6.55. The van der Waals surface area contributed by atoms with Crippen LogP contribution in [0.2, 0.25) is 0 Å². The van der Waals surface area contributed by atoms with E-state index in [9.17, 15) is 9.59 Å². The number of likely N-dealkylation sites (tertiary alicyclic amines) is 1. The van der Waals surface area contributed by atoms with Gasteiger partial charge in [-0.3, -0.25) is 4.79 Å². The quantitative estimate of drug-likeness (QED) is 0.477. The average molecular weight is 489 g/mol. The molecule has 1 aromatic heterocycles. The Hall–Kier alpha value is -3.61. The molecular formula is C29H36N4O3. The minimum Gasteiger partial charge on any atom is -0.444 e. The van der Waals surface area contributed by atoms with Crippen molar-refractivity contribution in [2.24, 2.45) is 0 Å². The molecule has 0 bridgehead atoms. The van der Waals surface area contributed by atoms with Gasteiger partial charge in [0.05, 0.1) is 23.1 Å². The lowest BCUT2D eigenvalue weighted by Gasteiger charge is -2.34. The van der Waals surface area contributed by atoms with Gasteiger partial charge in [-0.05, 0) is 77.6 Å². The van der Waals surface area contributed by atoms with Crippen molar-refractivity contribution in [2.45, 2.75) is 65.9 Å². The van der Waals surface area contributed by atoms with Crippen molar-refractivity contribution in [3.05, 3.63) is 76.6 Å². The third-order valence-electron chi connectivity index (χ3n) is 6.55. The number of rotatable bonds is 4. The summed E-state index contributed by atoms with van der Waals surface area (Å²) < 4.78 is 7.50. The van der Waals surface area contributed by atoms with Crippen LogP contribution in [0.25, 0.3) is 5.69 Å². The van der Waals surface area contributed by atoms with Crippen molar-refractivity contribution in [2.75, 3.05) is 18.4 Å². The maximum Gasteiger partial charge on any atom is 0.410 e. The number of carbonyl (C=O) groups excluding carboxylic acids is 2. The van der Waals surface area contributed by atoms with Crippen LogP contribution in [0.5, 0.6) is 0 Å². The van der Waals surface area contributed by atoms with Crippen molar-refractivity contribution >= 4 is 17.7 Å². The Morgan fingerprint density at radius 1 is 0.972 bits per heavy atom. The van der Waals surface area contributed by atoms with Gasteiger partial charge in [-0.25, -0.2) is 9.48 Å². The van der Waals surface area contributed by atoms with Crippen molar-refractivity contribution in [1.82, 2.24) is 14.7 Å². The largest absolute Gasteiger partial charge is 0.444 e. The molecule has 2 heterocycles. The van der Waals surface area contributed by atoms with Gasteiger partial charge >= 0.3 is 6.09 Å². The number of benzene rings is 2. The lowest BCUT2D eigenvalue weighted by molar-refractivity contribution is 0.0203. The van der Waals surface area contributed by atoms with Gasteiger partial charge in [0.15, 0.2) is 0 Å². The van der Waals surface area contributed by atoms with E-state index in [1.165, 1.54) is 0 Å². The van der Waals surface area contributed by atoms with Crippen molar-refractivity contribution in [1.29, 1.82) is 0 Å². The molecule has 1 fully saturated rings. The third kappa shape index (κ3) is 5.61. The van der Waals surface area contributed by atoms with Crippen molar-refractivity contribution in [3.8, 4) is 5.69 Å². The van der Waals surface area contributed by atoms with Crippen LogP contribution in [0.1, 0.15) is 72.3 Å². The lowest BCUT2D eigenvalue weighted by atomic mass is 9.90. The molecule has 1 N–H and O–H groups in total. The van der Waals surface area contributed by atoms with Gasteiger partial charge < -0.3 is 15.0 Å². The Bertz CT molecular complexity index is 1230. The number of carbonyl (C=O) groups is 2. The molecule has 4 rings (SSSR count). The number of piperidine rings is 1. The Labute approximate surface area is 213 Å². The lowest BCUT2D eigenvalue weighted by Crippen LogP contribution is -2.41. The number of hydrogen-bond acceptors (Lipinski definition) is 4. The molecule has 36 heavy (non-hydrogen) atoms. The SMILES string of the molecule is Cc1ccc(NC(=O)c2cnn(-c3c(C)cccc3C)c2C2CCN(C(=O)OC(C)(C)C)CC2)cc1. The van der Waals surface area contributed by atoms with Crippen LogP contribution in [0.3, 0.4) is 0 Å². The number of aromatic nitrogens is 2. The number of aryl methyl sites for hydroxylation is 3. The molecule has 1 aliphatic rings. The highest BCUT2D eigenvalue weighted by atomic mass is 16.6. The van der Waals surface area contributed by atoms with E-state index in [2.05, 4.69) is 31.3 Å². The van der Waals surface area contributed by atoms with Gasteiger partial charge in [0.25, 0.3) is 5.91 Å². The van der Waals surface area contributed by atoms with Gasteiger partial charge in [-0.2, -0.15) is 5.10 Å². The molecule has 0 radical (unpaired) electrons. The normalized spacial score (nSPS) is 14.6. The predicted molar refractivity (Wildman–Crippen MR) is 142 cm³/mol. The number of amides is 2. The van der Waals surface area contributed by atoms with Gasteiger partial charge in [0.1, 0.15) is 5.60 Å². The molecular weight excluding hydrogens is 452 g/mol. The number of ether oxygens (including phenoxy) is 1. The van der Waals surface area contributed by atoms with Crippen LogP contribution < -0.4 is 5.32 Å². The number of hydrogen-bond donors (Lipinski definition) is 1. The molecule has 1 saturated heterocycles. The van der Waals surface area contributed by atoms with Gasteiger partial charge in [-0.1, -0.05) is 35.9 Å². The molecule has 7 heteroatoms. The van der Waals surface area contributed by atoms with E-state index in [4.69, 9.17) is 9.84 Å². The minimum absolute atomic E-state index is 0.0731. The van der Waals surface area contributed by atoms with E-state index in [0.717, 1.165) is 46.6 Å². The fraction of sp³-hybridized carbons (Fsp3) is 0.414. The van der Waals surface area contributed by atoms with Crippen molar-refractivity contribution < 1.29 is 14.3 Å². The molecule has 190 valence electrons. The smallest absolute Gasteiger partial charge is 0.410 e. The van der Waals surface area contributed by atoms with E-state index in [1.807, 2.05) is 62.7 Å². The Kier molecular flexibility index (Phi) is 7.20. The summed E-state index contributed by atoms with van der Waals surface area (Å²) in [5.74, 6) is -0.107. The summed E-state index contributed by atoms with van der Waals surface area (Å²) in [6.45, 7) is 12.9. The highest BCUT2D eigenvalue weighted by Crippen LogP contribution is 2.34. The molecule has 0 atom stereocenters. The molecule has 0 aliphatic carbocycles. The number of anilines is 1. The zero-order chi connectivity index (χ0) is 26.0. The summed E-state index contributed by atoms with van der Waals surface area (Å²) in [6, 6.07) is 13.9. The van der Waals surface area contributed by atoms with Crippen LogP contribution >= 0.6 is 0 Å². The summed E-state index contributed by atoms with van der Waals surface area (Å²) in [6.07, 6.45) is 2.83. The first-order valence-electron chi connectivity index (χ1n) is 12.5.